The van der Waals surface area contributed by atoms with Gasteiger partial charge in [-0.15, -0.1) is 5.10 Å². The number of nitrogens with zero attached hydrogens (tertiary/aromatic N) is 5. The zero-order valence-electron chi connectivity index (χ0n) is 13.2. The molecule has 0 spiro atoms. The number of fused-ring (bicyclic) bond motifs is 2. The van der Waals surface area contributed by atoms with Crippen molar-refractivity contribution < 1.29 is 17.9 Å². The summed E-state index contributed by atoms with van der Waals surface area (Å²) in [7, 11) is 1.44. The Morgan fingerprint density at radius 1 is 1.12 bits per heavy atom. The molecule has 0 fully saturated rings. The molecule has 1 aromatic carbocycles. The van der Waals surface area contributed by atoms with Gasteiger partial charge in [0.05, 0.1) is 18.8 Å². The van der Waals surface area contributed by atoms with Crippen LogP contribution in [0.3, 0.4) is 0 Å². The molecular weight excluding hydrogens is 335 g/mol. The Labute approximate surface area is 139 Å². The second-order valence-corrected chi connectivity index (χ2v) is 5.50. The fourth-order valence-electron chi connectivity index (χ4n) is 2.80. The maximum atomic E-state index is 13.0. The smallest absolute Gasteiger partial charge is 0.453 e. The van der Waals surface area contributed by atoms with E-state index in [1.165, 1.54) is 17.9 Å². The fourth-order valence-corrected chi connectivity index (χ4v) is 2.80. The molecule has 4 rings (SSSR count). The van der Waals surface area contributed by atoms with E-state index in [0.29, 0.717) is 5.75 Å². The maximum Gasteiger partial charge on any atom is 0.453 e. The molecule has 0 radical (unpaired) electrons. The number of ether oxygens (including phenoxy) is 1. The number of benzene rings is 1. The highest BCUT2D eigenvalue weighted by molar-refractivity contribution is 5.83. The Hall–Kier alpha value is -3.10. The minimum absolute atomic E-state index is 0.0559. The number of aromatic nitrogens is 5. The summed E-state index contributed by atoms with van der Waals surface area (Å²) in [6.07, 6.45) is -3.00. The summed E-state index contributed by atoms with van der Waals surface area (Å²) in [5.41, 5.74) is 1.74. The predicted octanol–water partition coefficient (Wildman–Crippen LogP) is 3.40. The molecule has 128 valence electrons. The second kappa shape index (κ2) is 5.20. The van der Waals surface area contributed by atoms with Gasteiger partial charge in [0.25, 0.3) is 5.82 Å². The van der Waals surface area contributed by atoms with Crippen LogP contribution >= 0.6 is 0 Å². The lowest BCUT2D eigenvalue weighted by atomic mass is 10.2. The van der Waals surface area contributed by atoms with Crippen molar-refractivity contribution in [2.24, 2.45) is 0 Å². The monoisotopic (exact) mass is 347 g/mol. The van der Waals surface area contributed by atoms with Gasteiger partial charge in [-0.25, -0.2) is 9.67 Å². The third-order valence-electron chi connectivity index (χ3n) is 3.90. The average Bonchev–Trinajstić information content (AvgIpc) is 3.18. The number of hydrogen-bond donors (Lipinski definition) is 0. The third-order valence-corrected chi connectivity index (χ3v) is 3.90. The number of aryl methyl sites for hydroxylation is 1. The van der Waals surface area contributed by atoms with E-state index in [4.69, 9.17) is 4.74 Å². The van der Waals surface area contributed by atoms with E-state index in [2.05, 4.69) is 15.2 Å². The number of alkyl halides is 3. The molecule has 0 amide bonds. The van der Waals surface area contributed by atoms with Crippen molar-refractivity contribution in [2.75, 3.05) is 7.11 Å². The molecule has 0 saturated carbocycles. The van der Waals surface area contributed by atoms with Crippen LogP contribution in [0.25, 0.3) is 22.4 Å². The van der Waals surface area contributed by atoms with Crippen molar-refractivity contribution in [1.29, 1.82) is 0 Å². The summed E-state index contributed by atoms with van der Waals surface area (Å²) in [5, 5.41) is 8.80. The Balaban J connectivity index is 2.10. The van der Waals surface area contributed by atoms with Gasteiger partial charge in [0, 0.05) is 5.39 Å². The number of methoxy groups -OCH3 is 1. The quantitative estimate of drug-likeness (QED) is 0.558. The lowest BCUT2D eigenvalue weighted by Gasteiger charge is -2.11. The highest BCUT2D eigenvalue weighted by Crippen LogP contribution is 2.31. The summed E-state index contributed by atoms with van der Waals surface area (Å²) in [6, 6.07) is 8.63. The average molecular weight is 347 g/mol. The van der Waals surface area contributed by atoms with Crippen LogP contribution < -0.4 is 4.74 Å². The molecule has 4 aromatic rings. The SMILES string of the molecule is COc1ccc2nc(C(F)(F)F)nn2c1-n1ncc2cccc(C)c21. The van der Waals surface area contributed by atoms with Crippen LogP contribution in [-0.2, 0) is 6.18 Å². The molecule has 0 bridgehead atoms. The maximum absolute atomic E-state index is 13.0. The zero-order valence-corrected chi connectivity index (χ0v) is 13.2. The van der Waals surface area contributed by atoms with Crippen molar-refractivity contribution in [2.45, 2.75) is 13.1 Å². The molecule has 3 heterocycles. The van der Waals surface area contributed by atoms with Crippen LogP contribution in [0.1, 0.15) is 11.4 Å². The largest absolute Gasteiger partial charge is 0.493 e. The predicted molar refractivity (Wildman–Crippen MR) is 83.9 cm³/mol. The van der Waals surface area contributed by atoms with Gasteiger partial charge in [-0.2, -0.15) is 22.8 Å². The van der Waals surface area contributed by atoms with E-state index in [1.807, 2.05) is 25.1 Å². The van der Waals surface area contributed by atoms with Crippen molar-refractivity contribution in [1.82, 2.24) is 24.4 Å². The van der Waals surface area contributed by atoms with E-state index in [1.54, 1.807) is 12.3 Å². The van der Waals surface area contributed by atoms with Crippen LogP contribution in [0.4, 0.5) is 13.2 Å². The summed E-state index contributed by atoms with van der Waals surface area (Å²) in [6.45, 7) is 1.90. The molecule has 6 nitrogen and oxygen atoms in total. The second-order valence-electron chi connectivity index (χ2n) is 5.50. The highest BCUT2D eigenvalue weighted by atomic mass is 19.4. The Bertz CT molecular complexity index is 1100. The number of rotatable bonds is 2. The van der Waals surface area contributed by atoms with Crippen LogP contribution in [0.2, 0.25) is 0 Å². The Morgan fingerprint density at radius 3 is 2.64 bits per heavy atom. The van der Waals surface area contributed by atoms with E-state index >= 15 is 0 Å². The molecule has 9 heteroatoms. The van der Waals surface area contributed by atoms with Crippen LogP contribution in [0, 0.1) is 6.92 Å². The molecular formula is C16H12F3N5O. The van der Waals surface area contributed by atoms with Crippen molar-refractivity contribution in [3.63, 3.8) is 0 Å². The van der Waals surface area contributed by atoms with Gasteiger partial charge < -0.3 is 4.74 Å². The van der Waals surface area contributed by atoms with Gasteiger partial charge in [0.15, 0.2) is 17.2 Å². The number of para-hydroxylation sites is 1. The molecule has 0 aliphatic rings. The minimum atomic E-state index is -4.64. The molecule has 0 N–H and O–H groups in total. The lowest BCUT2D eigenvalue weighted by Crippen LogP contribution is -2.10. The van der Waals surface area contributed by atoms with E-state index in [-0.39, 0.29) is 11.5 Å². The minimum Gasteiger partial charge on any atom is -0.493 e. The Morgan fingerprint density at radius 2 is 1.92 bits per heavy atom. The van der Waals surface area contributed by atoms with Gasteiger partial charge >= 0.3 is 6.18 Å². The summed E-state index contributed by atoms with van der Waals surface area (Å²) in [5.74, 6) is -0.623. The summed E-state index contributed by atoms with van der Waals surface area (Å²) in [4.78, 5) is 3.56. The number of hydrogen-bond acceptors (Lipinski definition) is 4. The van der Waals surface area contributed by atoms with Crippen LogP contribution in [-0.4, -0.2) is 31.5 Å². The normalized spacial score (nSPS) is 12.2. The van der Waals surface area contributed by atoms with Gasteiger partial charge in [-0.1, -0.05) is 18.2 Å². The molecule has 0 unspecified atom stereocenters. The van der Waals surface area contributed by atoms with Gasteiger partial charge in [0.2, 0.25) is 0 Å². The fraction of sp³-hybridized carbons (Fsp3) is 0.188. The first-order valence-electron chi connectivity index (χ1n) is 7.35. The lowest BCUT2D eigenvalue weighted by molar-refractivity contribution is -0.144. The first kappa shape index (κ1) is 15.4. The van der Waals surface area contributed by atoms with Gasteiger partial charge in [0.1, 0.15) is 0 Å². The van der Waals surface area contributed by atoms with Gasteiger partial charge in [-0.05, 0) is 24.6 Å². The van der Waals surface area contributed by atoms with Crippen LogP contribution in [0.15, 0.2) is 36.5 Å². The van der Waals surface area contributed by atoms with E-state index in [0.717, 1.165) is 21.0 Å². The van der Waals surface area contributed by atoms with Gasteiger partial charge in [-0.3, -0.25) is 0 Å². The standard InChI is InChI=1S/C16H12F3N5O/c1-9-4-3-5-10-8-20-24(13(9)10)14-11(25-2)6-7-12-21-15(16(17,18)19)22-23(12)14/h3-8H,1-2H3. The Kier molecular flexibility index (Phi) is 3.21. The molecule has 0 atom stereocenters. The zero-order chi connectivity index (χ0) is 17.8. The molecule has 0 saturated heterocycles. The molecule has 25 heavy (non-hydrogen) atoms. The molecule has 0 aliphatic heterocycles. The first-order chi connectivity index (χ1) is 11.9. The summed E-state index contributed by atoms with van der Waals surface area (Å²) >= 11 is 0. The van der Waals surface area contributed by atoms with E-state index in [9.17, 15) is 13.2 Å². The highest BCUT2D eigenvalue weighted by Gasteiger charge is 2.37. The third kappa shape index (κ3) is 2.31. The topological polar surface area (TPSA) is 57.2 Å². The van der Waals surface area contributed by atoms with E-state index < -0.39 is 12.0 Å². The number of halogens is 3. The van der Waals surface area contributed by atoms with Crippen LogP contribution in [0.5, 0.6) is 5.75 Å². The summed E-state index contributed by atoms with van der Waals surface area (Å²) < 4.78 is 47.0. The van der Waals surface area contributed by atoms with Crippen molar-refractivity contribution >= 4 is 16.6 Å². The molecule has 3 aromatic heterocycles. The first-order valence-corrected chi connectivity index (χ1v) is 7.35. The molecule has 0 aliphatic carbocycles. The van der Waals surface area contributed by atoms with Crippen molar-refractivity contribution in [3.05, 3.63) is 47.9 Å². The van der Waals surface area contributed by atoms with Crippen molar-refractivity contribution in [3.8, 4) is 11.6 Å². The number of pyridine rings is 1.